The molecule has 1 amide bonds. The number of ether oxygens (including phenoxy) is 1. The van der Waals surface area contributed by atoms with Crippen molar-refractivity contribution in [1.29, 1.82) is 0 Å². The molecule has 1 fully saturated rings. The van der Waals surface area contributed by atoms with Gasteiger partial charge in [0, 0.05) is 30.8 Å². The maximum atomic E-state index is 13.9. The predicted molar refractivity (Wildman–Crippen MR) is 126 cm³/mol. The second-order valence-electron chi connectivity index (χ2n) is 8.34. The summed E-state index contributed by atoms with van der Waals surface area (Å²) in [5.41, 5.74) is 2.26. The number of likely N-dealkylation sites (tertiary alicyclic amines) is 1. The molecule has 33 heavy (non-hydrogen) atoms. The van der Waals surface area contributed by atoms with Crippen molar-refractivity contribution in [2.45, 2.75) is 39.2 Å². The number of halogens is 1. The molecule has 1 aromatic heterocycles. The van der Waals surface area contributed by atoms with Crippen molar-refractivity contribution in [2.75, 3.05) is 25.0 Å². The Morgan fingerprint density at radius 3 is 2.79 bits per heavy atom. The summed E-state index contributed by atoms with van der Waals surface area (Å²) in [5.74, 6) is 0.999. The minimum atomic E-state index is -0.478. The molecule has 1 aliphatic rings. The van der Waals surface area contributed by atoms with E-state index in [9.17, 15) is 9.18 Å². The lowest BCUT2D eigenvalue weighted by Crippen LogP contribution is -2.21. The molecule has 1 N–H and O–H groups in total. The molecular weight excluding hydrogens is 419 g/mol. The summed E-state index contributed by atoms with van der Waals surface area (Å²) in [6.07, 6.45) is 3.48. The zero-order valence-corrected chi connectivity index (χ0v) is 19.1. The molecule has 0 saturated carbocycles. The molecule has 6 nitrogen and oxygen atoms in total. The fourth-order valence-corrected chi connectivity index (χ4v) is 4.07. The van der Waals surface area contributed by atoms with Crippen LogP contribution < -0.4 is 10.1 Å². The molecule has 0 radical (unpaired) electrons. The van der Waals surface area contributed by atoms with Gasteiger partial charge in [0.2, 0.25) is 0 Å². The van der Waals surface area contributed by atoms with Gasteiger partial charge in [0.1, 0.15) is 17.4 Å². The molecule has 0 spiro atoms. The lowest BCUT2D eigenvalue weighted by molar-refractivity contribution is 0.102. The molecule has 0 unspecified atom stereocenters. The Balaban J connectivity index is 1.40. The molecule has 2 heterocycles. The van der Waals surface area contributed by atoms with E-state index in [1.807, 2.05) is 18.2 Å². The van der Waals surface area contributed by atoms with Crippen LogP contribution in [0.1, 0.15) is 53.1 Å². The number of carbonyl (C=O) groups excluding carboxylic acids is 1. The molecule has 172 valence electrons. The van der Waals surface area contributed by atoms with E-state index in [0.717, 1.165) is 44.0 Å². The number of benzene rings is 2. The molecular formula is C26H29FN4O2. The zero-order chi connectivity index (χ0) is 23.2. The van der Waals surface area contributed by atoms with E-state index in [1.165, 1.54) is 17.7 Å². The molecule has 1 atom stereocenters. The number of amides is 1. The standard InChI is InChI=1S/C26H29FN4O2/c1-3-14-33-24-11-7-4-8-19(24)16-31-13-12-20(17-31)25-28-15-21(18(2)29-25)26(32)30-23-10-6-5-9-22(23)27/h4-11,15,20H,3,12-14,16-17H2,1-2H3,(H,30,32)/t20-/m0/s1. The van der Waals surface area contributed by atoms with Gasteiger partial charge in [-0.3, -0.25) is 9.69 Å². The van der Waals surface area contributed by atoms with Gasteiger partial charge in [0.15, 0.2) is 0 Å². The van der Waals surface area contributed by atoms with E-state index < -0.39 is 11.7 Å². The van der Waals surface area contributed by atoms with Crippen molar-refractivity contribution < 1.29 is 13.9 Å². The van der Waals surface area contributed by atoms with Gasteiger partial charge in [-0.05, 0) is 44.5 Å². The number of hydrogen-bond donors (Lipinski definition) is 1. The second kappa shape index (κ2) is 10.5. The van der Waals surface area contributed by atoms with Gasteiger partial charge in [-0.1, -0.05) is 37.3 Å². The molecule has 3 aromatic rings. The van der Waals surface area contributed by atoms with Gasteiger partial charge in [-0.15, -0.1) is 0 Å². The third-order valence-electron chi connectivity index (χ3n) is 5.83. The van der Waals surface area contributed by atoms with Crippen LogP contribution in [0.5, 0.6) is 5.75 Å². The van der Waals surface area contributed by atoms with E-state index in [1.54, 1.807) is 25.3 Å². The van der Waals surface area contributed by atoms with Crippen LogP contribution in [0.15, 0.2) is 54.7 Å². The van der Waals surface area contributed by atoms with Crippen LogP contribution >= 0.6 is 0 Å². The Labute approximate surface area is 193 Å². The highest BCUT2D eigenvalue weighted by Crippen LogP contribution is 2.28. The lowest BCUT2D eigenvalue weighted by Gasteiger charge is -2.18. The summed E-state index contributed by atoms with van der Waals surface area (Å²) < 4.78 is 19.8. The first-order valence-corrected chi connectivity index (χ1v) is 11.4. The largest absolute Gasteiger partial charge is 0.493 e. The van der Waals surface area contributed by atoms with Gasteiger partial charge in [0.05, 0.1) is 23.6 Å². The number of aromatic nitrogens is 2. The third kappa shape index (κ3) is 5.54. The summed E-state index contributed by atoms with van der Waals surface area (Å²) in [6.45, 7) is 7.22. The third-order valence-corrected chi connectivity index (χ3v) is 5.83. The number of hydrogen-bond acceptors (Lipinski definition) is 5. The SMILES string of the molecule is CCCOc1ccccc1CN1CC[C@H](c2ncc(C(=O)Nc3ccccc3F)c(C)n2)C1. The number of rotatable bonds is 8. The summed E-state index contributed by atoms with van der Waals surface area (Å²) in [5, 5.41) is 2.60. The highest BCUT2D eigenvalue weighted by atomic mass is 19.1. The van der Waals surface area contributed by atoms with E-state index in [-0.39, 0.29) is 11.6 Å². The Morgan fingerprint density at radius 2 is 2.00 bits per heavy atom. The van der Waals surface area contributed by atoms with Gasteiger partial charge >= 0.3 is 0 Å². The van der Waals surface area contributed by atoms with Crippen LogP contribution in [0.25, 0.3) is 0 Å². The van der Waals surface area contributed by atoms with Crippen molar-refractivity contribution in [3.05, 3.63) is 83.2 Å². The number of carbonyl (C=O) groups is 1. The van der Waals surface area contributed by atoms with Crippen LogP contribution in [0.4, 0.5) is 10.1 Å². The second-order valence-corrected chi connectivity index (χ2v) is 8.34. The molecule has 0 bridgehead atoms. The quantitative estimate of drug-likeness (QED) is 0.528. The number of aryl methyl sites for hydroxylation is 1. The fourth-order valence-electron chi connectivity index (χ4n) is 4.07. The van der Waals surface area contributed by atoms with Crippen LogP contribution in [-0.4, -0.2) is 40.5 Å². The predicted octanol–water partition coefficient (Wildman–Crippen LogP) is 4.95. The van der Waals surface area contributed by atoms with E-state index in [0.29, 0.717) is 17.9 Å². The number of para-hydroxylation sites is 2. The lowest BCUT2D eigenvalue weighted by atomic mass is 10.1. The minimum absolute atomic E-state index is 0.139. The van der Waals surface area contributed by atoms with Crippen LogP contribution in [0.2, 0.25) is 0 Å². The van der Waals surface area contributed by atoms with Crippen molar-refractivity contribution in [2.24, 2.45) is 0 Å². The van der Waals surface area contributed by atoms with Gasteiger partial charge < -0.3 is 10.1 Å². The van der Waals surface area contributed by atoms with Crippen molar-refractivity contribution in [1.82, 2.24) is 14.9 Å². The molecule has 0 aliphatic carbocycles. The number of nitrogens with one attached hydrogen (secondary N) is 1. The number of anilines is 1. The fraction of sp³-hybridized carbons (Fsp3) is 0.346. The monoisotopic (exact) mass is 448 g/mol. The average Bonchev–Trinajstić information content (AvgIpc) is 3.28. The molecule has 1 saturated heterocycles. The van der Waals surface area contributed by atoms with Crippen molar-refractivity contribution in [3.8, 4) is 5.75 Å². The Kier molecular flexibility index (Phi) is 7.29. The normalized spacial score (nSPS) is 16.0. The highest BCUT2D eigenvalue weighted by molar-refractivity contribution is 6.04. The van der Waals surface area contributed by atoms with Gasteiger partial charge in [0.25, 0.3) is 5.91 Å². The molecule has 4 rings (SSSR count). The summed E-state index contributed by atoms with van der Waals surface area (Å²) in [4.78, 5) is 24.1. The van der Waals surface area contributed by atoms with Crippen LogP contribution in [0, 0.1) is 12.7 Å². The minimum Gasteiger partial charge on any atom is -0.493 e. The maximum Gasteiger partial charge on any atom is 0.259 e. The first kappa shape index (κ1) is 22.9. The highest BCUT2D eigenvalue weighted by Gasteiger charge is 2.27. The molecule has 7 heteroatoms. The van der Waals surface area contributed by atoms with Crippen molar-refractivity contribution >= 4 is 11.6 Å². The van der Waals surface area contributed by atoms with Crippen molar-refractivity contribution in [3.63, 3.8) is 0 Å². The van der Waals surface area contributed by atoms with Crippen LogP contribution in [0.3, 0.4) is 0 Å². The van der Waals surface area contributed by atoms with E-state index >= 15 is 0 Å². The van der Waals surface area contributed by atoms with E-state index in [4.69, 9.17) is 4.74 Å². The Hall–Kier alpha value is -3.32. The smallest absolute Gasteiger partial charge is 0.259 e. The molecule has 2 aromatic carbocycles. The summed E-state index contributed by atoms with van der Waals surface area (Å²) in [7, 11) is 0. The first-order chi connectivity index (χ1) is 16.0. The average molecular weight is 449 g/mol. The Morgan fingerprint density at radius 1 is 1.21 bits per heavy atom. The van der Waals surface area contributed by atoms with E-state index in [2.05, 4.69) is 33.2 Å². The van der Waals surface area contributed by atoms with Gasteiger partial charge in [-0.25, -0.2) is 14.4 Å². The maximum absolute atomic E-state index is 13.9. The van der Waals surface area contributed by atoms with Crippen LogP contribution in [-0.2, 0) is 6.54 Å². The van der Waals surface area contributed by atoms with Gasteiger partial charge in [-0.2, -0.15) is 0 Å². The Bertz CT molecular complexity index is 1120. The summed E-state index contributed by atoms with van der Waals surface area (Å²) in [6, 6.07) is 14.3. The zero-order valence-electron chi connectivity index (χ0n) is 19.1. The first-order valence-electron chi connectivity index (χ1n) is 11.4. The topological polar surface area (TPSA) is 67.3 Å². The summed E-state index contributed by atoms with van der Waals surface area (Å²) >= 11 is 0. The number of nitrogens with zero attached hydrogens (tertiary/aromatic N) is 3. The molecule has 1 aliphatic heterocycles.